The van der Waals surface area contributed by atoms with E-state index in [1.165, 1.54) is 0 Å². The molecular formula is C17H25NO2S. The highest BCUT2D eigenvalue weighted by atomic mass is 32.2. The van der Waals surface area contributed by atoms with Gasteiger partial charge in [0, 0.05) is 0 Å². The van der Waals surface area contributed by atoms with Crippen LogP contribution in [0.2, 0.25) is 0 Å². The predicted molar refractivity (Wildman–Crippen MR) is 85.8 cm³/mol. The Balaban J connectivity index is 2.60. The zero-order valence-electron chi connectivity index (χ0n) is 13.4. The van der Waals surface area contributed by atoms with Gasteiger partial charge in [0.15, 0.2) is 9.84 Å². The number of unbranched alkanes of at least 4 members (excludes halogenated alkanes) is 1. The average Bonchev–Trinajstić information content (AvgIpc) is 2.44. The van der Waals surface area contributed by atoms with Crippen molar-refractivity contribution < 1.29 is 8.42 Å². The normalized spacial score (nSPS) is 12.4. The molecule has 0 aliphatic carbocycles. The number of benzene rings is 1. The van der Waals surface area contributed by atoms with Gasteiger partial charge in [0.05, 0.1) is 22.1 Å². The highest BCUT2D eigenvalue weighted by molar-refractivity contribution is 7.91. The van der Waals surface area contributed by atoms with E-state index in [-0.39, 0.29) is 11.2 Å². The molecule has 0 amide bonds. The minimum absolute atomic E-state index is 0.148. The average molecular weight is 307 g/mol. The SMILES string of the molecule is CC(C)c1ccc(S(=O)(=O)CCCCC(C)(C)C#N)cc1. The van der Waals surface area contributed by atoms with Gasteiger partial charge in [0.1, 0.15) is 0 Å². The number of sulfone groups is 1. The van der Waals surface area contributed by atoms with E-state index < -0.39 is 9.84 Å². The summed E-state index contributed by atoms with van der Waals surface area (Å²) in [5.74, 6) is 0.546. The number of rotatable bonds is 7. The standard InChI is InChI=1S/C17H25NO2S/c1-14(2)15-7-9-16(10-8-15)21(19,20)12-6-5-11-17(3,4)13-18/h7-10,14H,5-6,11-12H2,1-4H3. The lowest BCUT2D eigenvalue weighted by Gasteiger charge is -2.14. The van der Waals surface area contributed by atoms with Gasteiger partial charge >= 0.3 is 0 Å². The zero-order valence-corrected chi connectivity index (χ0v) is 14.2. The summed E-state index contributed by atoms with van der Waals surface area (Å²) in [5.41, 5.74) is 0.771. The molecule has 116 valence electrons. The molecule has 0 aliphatic rings. The highest BCUT2D eigenvalue weighted by Gasteiger charge is 2.18. The van der Waals surface area contributed by atoms with Crippen LogP contribution in [0.15, 0.2) is 29.2 Å². The van der Waals surface area contributed by atoms with Gasteiger partial charge in [-0.3, -0.25) is 0 Å². The van der Waals surface area contributed by atoms with Crippen LogP contribution in [0.25, 0.3) is 0 Å². The van der Waals surface area contributed by atoms with Crippen LogP contribution in [-0.2, 0) is 9.84 Å². The number of hydrogen-bond acceptors (Lipinski definition) is 3. The molecule has 0 N–H and O–H groups in total. The fraction of sp³-hybridized carbons (Fsp3) is 0.588. The third-order valence-electron chi connectivity index (χ3n) is 3.67. The molecule has 0 fully saturated rings. The van der Waals surface area contributed by atoms with Gasteiger partial charge < -0.3 is 0 Å². The van der Waals surface area contributed by atoms with Crippen LogP contribution < -0.4 is 0 Å². The summed E-state index contributed by atoms with van der Waals surface area (Å²) < 4.78 is 24.5. The second-order valence-electron chi connectivity index (χ2n) is 6.50. The van der Waals surface area contributed by atoms with Gasteiger partial charge in [-0.15, -0.1) is 0 Å². The molecule has 21 heavy (non-hydrogen) atoms. The first-order valence-corrected chi connectivity index (χ1v) is 9.07. The minimum Gasteiger partial charge on any atom is -0.224 e. The predicted octanol–water partition coefficient (Wildman–Crippen LogP) is 4.30. The summed E-state index contributed by atoms with van der Waals surface area (Å²) in [6, 6.07) is 9.41. The lowest BCUT2D eigenvalue weighted by atomic mass is 9.89. The van der Waals surface area contributed by atoms with Gasteiger partial charge in [0.25, 0.3) is 0 Å². The molecule has 0 atom stereocenters. The summed E-state index contributed by atoms with van der Waals surface area (Å²) in [6.07, 6.45) is 2.08. The monoisotopic (exact) mass is 307 g/mol. The van der Waals surface area contributed by atoms with Gasteiger partial charge in [-0.1, -0.05) is 32.4 Å². The van der Waals surface area contributed by atoms with E-state index in [0.717, 1.165) is 18.4 Å². The Kier molecular flexibility index (Phi) is 5.98. The summed E-state index contributed by atoms with van der Waals surface area (Å²) >= 11 is 0. The molecule has 0 radical (unpaired) electrons. The number of hydrogen-bond donors (Lipinski definition) is 0. The summed E-state index contributed by atoms with van der Waals surface area (Å²) in [5, 5.41) is 8.93. The lowest BCUT2D eigenvalue weighted by molar-refractivity contribution is 0.431. The van der Waals surface area contributed by atoms with Crippen molar-refractivity contribution in [3.05, 3.63) is 29.8 Å². The maximum absolute atomic E-state index is 12.2. The Labute approximate surface area is 128 Å². The largest absolute Gasteiger partial charge is 0.224 e. The van der Waals surface area contributed by atoms with Crippen molar-refractivity contribution in [3.63, 3.8) is 0 Å². The van der Waals surface area contributed by atoms with Gasteiger partial charge in [-0.05, 0) is 50.3 Å². The Bertz CT molecular complexity index is 593. The van der Waals surface area contributed by atoms with E-state index in [4.69, 9.17) is 5.26 Å². The Morgan fingerprint density at radius 3 is 2.19 bits per heavy atom. The van der Waals surface area contributed by atoms with Crippen LogP contribution in [-0.4, -0.2) is 14.2 Å². The maximum atomic E-state index is 12.2. The number of nitriles is 1. The molecule has 0 aliphatic heterocycles. The van der Waals surface area contributed by atoms with Crippen LogP contribution in [0.1, 0.15) is 58.4 Å². The smallest absolute Gasteiger partial charge is 0.178 e. The van der Waals surface area contributed by atoms with Crippen LogP contribution in [0.5, 0.6) is 0 Å². The quantitative estimate of drug-likeness (QED) is 0.705. The summed E-state index contributed by atoms with van der Waals surface area (Å²) in [4.78, 5) is 0.395. The van der Waals surface area contributed by atoms with E-state index in [0.29, 0.717) is 17.2 Å². The first-order chi connectivity index (χ1) is 9.68. The van der Waals surface area contributed by atoms with Crippen molar-refractivity contribution in [2.24, 2.45) is 5.41 Å². The molecular weight excluding hydrogens is 282 g/mol. The molecule has 0 heterocycles. The minimum atomic E-state index is -3.21. The Morgan fingerprint density at radius 2 is 1.71 bits per heavy atom. The van der Waals surface area contributed by atoms with E-state index in [1.807, 2.05) is 26.0 Å². The molecule has 0 saturated carbocycles. The third-order valence-corrected chi connectivity index (χ3v) is 5.49. The topological polar surface area (TPSA) is 57.9 Å². The fourth-order valence-corrected chi connectivity index (χ4v) is 3.46. The molecule has 1 rings (SSSR count). The first-order valence-electron chi connectivity index (χ1n) is 7.42. The molecule has 0 unspecified atom stereocenters. The van der Waals surface area contributed by atoms with Gasteiger partial charge in [-0.25, -0.2) is 8.42 Å². The summed E-state index contributed by atoms with van der Waals surface area (Å²) in [7, 11) is -3.21. The van der Waals surface area contributed by atoms with Crippen LogP contribution in [0.4, 0.5) is 0 Å². The second kappa shape index (κ2) is 7.09. The van der Waals surface area contributed by atoms with Crippen molar-refractivity contribution in [1.29, 1.82) is 5.26 Å². The van der Waals surface area contributed by atoms with Crippen molar-refractivity contribution in [1.82, 2.24) is 0 Å². The third kappa shape index (κ3) is 5.51. The van der Waals surface area contributed by atoms with Crippen molar-refractivity contribution in [3.8, 4) is 6.07 Å². The first kappa shape index (κ1) is 17.7. The lowest BCUT2D eigenvalue weighted by Crippen LogP contribution is -2.10. The highest BCUT2D eigenvalue weighted by Crippen LogP contribution is 2.23. The second-order valence-corrected chi connectivity index (χ2v) is 8.60. The van der Waals surface area contributed by atoms with Crippen molar-refractivity contribution in [2.45, 2.75) is 57.8 Å². The van der Waals surface area contributed by atoms with Crippen LogP contribution in [0, 0.1) is 16.7 Å². The van der Waals surface area contributed by atoms with E-state index in [9.17, 15) is 8.42 Å². The molecule has 0 bridgehead atoms. The van der Waals surface area contributed by atoms with E-state index >= 15 is 0 Å². The van der Waals surface area contributed by atoms with Crippen molar-refractivity contribution in [2.75, 3.05) is 5.75 Å². The maximum Gasteiger partial charge on any atom is 0.178 e. The van der Waals surface area contributed by atoms with Crippen LogP contribution >= 0.6 is 0 Å². The molecule has 4 heteroatoms. The zero-order chi connectivity index (χ0) is 16.1. The molecule has 0 spiro atoms. The van der Waals surface area contributed by atoms with Gasteiger partial charge in [-0.2, -0.15) is 5.26 Å². The molecule has 0 aromatic heterocycles. The molecule has 1 aromatic rings. The molecule has 1 aromatic carbocycles. The van der Waals surface area contributed by atoms with E-state index in [2.05, 4.69) is 19.9 Å². The Hall–Kier alpha value is -1.34. The Morgan fingerprint density at radius 1 is 1.14 bits per heavy atom. The fourth-order valence-electron chi connectivity index (χ4n) is 2.09. The molecule has 0 saturated heterocycles. The van der Waals surface area contributed by atoms with Crippen molar-refractivity contribution >= 4 is 9.84 Å². The summed E-state index contributed by atoms with van der Waals surface area (Å²) in [6.45, 7) is 7.93. The van der Waals surface area contributed by atoms with E-state index in [1.54, 1.807) is 12.1 Å². The molecule has 3 nitrogen and oxygen atoms in total. The van der Waals surface area contributed by atoms with Crippen LogP contribution in [0.3, 0.4) is 0 Å². The number of nitrogens with zero attached hydrogens (tertiary/aromatic N) is 1. The van der Waals surface area contributed by atoms with Gasteiger partial charge in [0.2, 0.25) is 0 Å².